The highest BCUT2D eigenvalue weighted by Crippen LogP contribution is 2.17. The Labute approximate surface area is 172 Å². The van der Waals surface area contributed by atoms with Gasteiger partial charge in [0.05, 0.1) is 13.2 Å². The third-order valence-electron chi connectivity index (χ3n) is 3.52. The highest BCUT2D eigenvalue weighted by molar-refractivity contribution is 14.0. The zero-order valence-electron chi connectivity index (χ0n) is 15.5. The van der Waals surface area contributed by atoms with Gasteiger partial charge in [-0.25, -0.2) is 4.98 Å². The molecule has 2 N–H and O–H groups in total. The van der Waals surface area contributed by atoms with Gasteiger partial charge >= 0.3 is 0 Å². The van der Waals surface area contributed by atoms with Gasteiger partial charge in [0.15, 0.2) is 5.96 Å². The molecule has 0 bridgehead atoms. The minimum absolute atomic E-state index is 0. The molecular formula is C19H27IN4O2. The number of halogens is 1. The summed E-state index contributed by atoms with van der Waals surface area (Å²) in [7, 11) is 1.75. The Morgan fingerprint density at radius 3 is 2.31 bits per heavy atom. The van der Waals surface area contributed by atoms with Crippen LogP contribution in [0.2, 0.25) is 0 Å². The number of ether oxygens (including phenoxy) is 2. The quantitative estimate of drug-likeness (QED) is 0.352. The second-order valence-corrected chi connectivity index (χ2v) is 5.22. The third kappa shape index (κ3) is 6.70. The summed E-state index contributed by atoms with van der Waals surface area (Å²) in [4.78, 5) is 8.52. The first-order chi connectivity index (χ1) is 12.3. The van der Waals surface area contributed by atoms with E-state index < -0.39 is 0 Å². The lowest BCUT2D eigenvalue weighted by molar-refractivity contribution is 0.322. The van der Waals surface area contributed by atoms with Crippen molar-refractivity contribution in [2.24, 2.45) is 4.99 Å². The SMILES string of the molecule is CCOc1ccccc1CNC(=NC)NCc1cccnc1OCC.I. The molecule has 0 spiro atoms. The monoisotopic (exact) mass is 470 g/mol. The van der Waals surface area contributed by atoms with E-state index in [1.807, 2.05) is 50.2 Å². The Morgan fingerprint density at radius 1 is 0.962 bits per heavy atom. The van der Waals surface area contributed by atoms with Crippen molar-refractivity contribution in [3.8, 4) is 11.6 Å². The summed E-state index contributed by atoms with van der Waals surface area (Å²) in [5.74, 6) is 2.24. The van der Waals surface area contributed by atoms with E-state index in [1.54, 1.807) is 13.2 Å². The lowest BCUT2D eigenvalue weighted by Crippen LogP contribution is -2.36. The van der Waals surface area contributed by atoms with Crippen LogP contribution in [-0.4, -0.2) is 31.2 Å². The van der Waals surface area contributed by atoms with E-state index in [2.05, 4.69) is 20.6 Å². The van der Waals surface area contributed by atoms with Crippen LogP contribution in [0.5, 0.6) is 11.6 Å². The van der Waals surface area contributed by atoms with E-state index >= 15 is 0 Å². The number of nitrogens with zero attached hydrogens (tertiary/aromatic N) is 2. The van der Waals surface area contributed by atoms with Gasteiger partial charge in [0.2, 0.25) is 5.88 Å². The average Bonchev–Trinajstić information content (AvgIpc) is 2.64. The summed E-state index contributed by atoms with van der Waals surface area (Å²) in [6.07, 6.45) is 1.73. The molecule has 1 aromatic heterocycles. The average molecular weight is 470 g/mol. The molecule has 0 atom stereocenters. The zero-order valence-corrected chi connectivity index (χ0v) is 17.8. The number of rotatable bonds is 8. The molecule has 7 heteroatoms. The number of aromatic nitrogens is 1. The first kappa shape index (κ1) is 22.0. The Hall–Kier alpha value is -2.03. The van der Waals surface area contributed by atoms with Gasteiger partial charge in [0.25, 0.3) is 0 Å². The van der Waals surface area contributed by atoms with Gasteiger partial charge in [-0.3, -0.25) is 4.99 Å². The number of pyridine rings is 1. The van der Waals surface area contributed by atoms with E-state index in [0.717, 1.165) is 16.9 Å². The molecular weight excluding hydrogens is 443 g/mol. The number of aliphatic imine (C=N–C) groups is 1. The Morgan fingerprint density at radius 2 is 1.62 bits per heavy atom. The first-order valence-corrected chi connectivity index (χ1v) is 8.50. The molecule has 0 saturated carbocycles. The molecule has 2 aromatic rings. The number of benzene rings is 1. The van der Waals surface area contributed by atoms with Crippen LogP contribution in [0.1, 0.15) is 25.0 Å². The Bertz CT molecular complexity index is 639. The predicted octanol–water partition coefficient (Wildman–Crippen LogP) is 3.36. The van der Waals surface area contributed by atoms with Crippen molar-refractivity contribution in [3.05, 3.63) is 53.7 Å². The highest BCUT2D eigenvalue weighted by atomic mass is 127. The molecule has 0 radical (unpaired) electrons. The van der Waals surface area contributed by atoms with Gasteiger partial charge in [-0.05, 0) is 26.0 Å². The van der Waals surface area contributed by atoms with Gasteiger partial charge in [0, 0.05) is 37.5 Å². The van der Waals surface area contributed by atoms with Crippen molar-refractivity contribution in [1.82, 2.24) is 15.6 Å². The van der Waals surface area contributed by atoms with Crippen LogP contribution in [0.25, 0.3) is 0 Å². The molecule has 1 aromatic carbocycles. The van der Waals surface area contributed by atoms with E-state index in [-0.39, 0.29) is 24.0 Å². The topological polar surface area (TPSA) is 67.8 Å². The largest absolute Gasteiger partial charge is 0.494 e. The van der Waals surface area contributed by atoms with Crippen LogP contribution in [0, 0.1) is 0 Å². The lowest BCUT2D eigenvalue weighted by Gasteiger charge is -2.15. The van der Waals surface area contributed by atoms with Gasteiger partial charge in [-0.2, -0.15) is 0 Å². The standard InChI is InChI=1S/C19H26N4O2.HI/c1-4-24-17-11-7-6-9-15(17)13-22-19(20-3)23-14-16-10-8-12-21-18(16)25-5-2;/h6-12H,4-5,13-14H2,1-3H3,(H2,20,22,23);1H. The Kier molecular flexibility index (Phi) is 10.5. The third-order valence-corrected chi connectivity index (χ3v) is 3.52. The summed E-state index contributed by atoms with van der Waals surface area (Å²) in [6.45, 7) is 6.37. The van der Waals surface area contributed by atoms with E-state index in [0.29, 0.717) is 38.1 Å². The smallest absolute Gasteiger partial charge is 0.218 e. The summed E-state index contributed by atoms with van der Waals surface area (Å²) >= 11 is 0. The van der Waals surface area contributed by atoms with Gasteiger partial charge in [0.1, 0.15) is 5.75 Å². The normalized spacial score (nSPS) is 10.7. The minimum Gasteiger partial charge on any atom is -0.494 e. The lowest BCUT2D eigenvalue weighted by atomic mass is 10.2. The maximum absolute atomic E-state index is 5.65. The molecule has 0 unspecified atom stereocenters. The van der Waals surface area contributed by atoms with Crippen LogP contribution >= 0.6 is 24.0 Å². The van der Waals surface area contributed by atoms with E-state index in [1.165, 1.54) is 0 Å². The molecule has 0 aliphatic carbocycles. The fourth-order valence-electron chi connectivity index (χ4n) is 2.35. The molecule has 2 rings (SSSR count). The second kappa shape index (κ2) is 12.3. The molecule has 26 heavy (non-hydrogen) atoms. The summed E-state index contributed by atoms with van der Waals surface area (Å²) < 4.78 is 11.2. The van der Waals surface area contributed by atoms with Crippen molar-refractivity contribution < 1.29 is 9.47 Å². The van der Waals surface area contributed by atoms with Crippen molar-refractivity contribution in [3.63, 3.8) is 0 Å². The zero-order chi connectivity index (χ0) is 17.9. The number of nitrogens with one attached hydrogen (secondary N) is 2. The number of para-hydroxylation sites is 1. The molecule has 0 amide bonds. The summed E-state index contributed by atoms with van der Waals surface area (Å²) in [5.41, 5.74) is 2.07. The van der Waals surface area contributed by atoms with Crippen molar-refractivity contribution >= 4 is 29.9 Å². The number of hydrogen-bond donors (Lipinski definition) is 2. The van der Waals surface area contributed by atoms with Gasteiger partial charge in [-0.1, -0.05) is 24.3 Å². The van der Waals surface area contributed by atoms with Crippen LogP contribution in [0.3, 0.4) is 0 Å². The molecule has 0 aliphatic rings. The highest BCUT2D eigenvalue weighted by Gasteiger charge is 2.07. The van der Waals surface area contributed by atoms with Crippen LogP contribution in [0.15, 0.2) is 47.6 Å². The first-order valence-electron chi connectivity index (χ1n) is 8.50. The van der Waals surface area contributed by atoms with Crippen LogP contribution in [-0.2, 0) is 13.1 Å². The van der Waals surface area contributed by atoms with Crippen LogP contribution < -0.4 is 20.1 Å². The summed E-state index contributed by atoms with van der Waals surface area (Å²) in [5, 5.41) is 6.59. The van der Waals surface area contributed by atoms with E-state index in [4.69, 9.17) is 9.47 Å². The van der Waals surface area contributed by atoms with Crippen molar-refractivity contribution in [2.75, 3.05) is 20.3 Å². The van der Waals surface area contributed by atoms with Crippen molar-refractivity contribution in [2.45, 2.75) is 26.9 Å². The van der Waals surface area contributed by atoms with Crippen molar-refractivity contribution in [1.29, 1.82) is 0 Å². The fraction of sp³-hybridized carbons (Fsp3) is 0.368. The second-order valence-electron chi connectivity index (χ2n) is 5.22. The summed E-state index contributed by atoms with van der Waals surface area (Å²) in [6, 6.07) is 11.9. The molecule has 0 aliphatic heterocycles. The molecule has 1 heterocycles. The predicted molar refractivity (Wildman–Crippen MR) is 115 cm³/mol. The molecule has 6 nitrogen and oxygen atoms in total. The van der Waals surface area contributed by atoms with Gasteiger partial charge < -0.3 is 20.1 Å². The molecule has 0 saturated heterocycles. The maximum Gasteiger partial charge on any atom is 0.218 e. The van der Waals surface area contributed by atoms with E-state index in [9.17, 15) is 0 Å². The number of hydrogen-bond acceptors (Lipinski definition) is 4. The molecule has 0 fully saturated rings. The fourth-order valence-corrected chi connectivity index (χ4v) is 2.35. The van der Waals surface area contributed by atoms with Crippen LogP contribution in [0.4, 0.5) is 0 Å². The molecule has 142 valence electrons. The van der Waals surface area contributed by atoms with Gasteiger partial charge in [-0.15, -0.1) is 24.0 Å². The minimum atomic E-state index is 0. The maximum atomic E-state index is 5.65. The number of guanidine groups is 1. The Balaban J connectivity index is 0.00000338.